The largest absolute Gasteiger partial charge is 0.391 e. The minimum absolute atomic E-state index is 0.00524. The van der Waals surface area contributed by atoms with E-state index in [1.54, 1.807) is 13.0 Å². The van der Waals surface area contributed by atoms with Crippen molar-refractivity contribution >= 4 is 5.91 Å². The van der Waals surface area contributed by atoms with E-state index in [1.165, 1.54) is 4.57 Å². The van der Waals surface area contributed by atoms with Crippen LogP contribution in [-0.4, -0.2) is 33.9 Å². The molecule has 1 unspecified atom stereocenters. The van der Waals surface area contributed by atoms with E-state index in [0.29, 0.717) is 31.9 Å². The van der Waals surface area contributed by atoms with Crippen LogP contribution in [0.25, 0.3) is 0 Å². The fourth-order valence-corrected chi connectivity index (χ4v) is 4.50. The third kappa shape index (κ3) is 3.49. The van der Waals surface area contributed by atoms with Crippen molar-refractivity contribution < 1.29 is 24.5 Å². The maximum Gasteiger partial charge on any atom is 0.257 e. The zero-order valence-corrected chi connectivity index (χ0v) is 17.8. The summed E-state index contributed by atoms with van der Waals surface area (Å²) in [6.07, 6.45) is 0.475. The second-order valence-corrected chi connectivity index (χ2v) is 8.06. The van der Waals surface area contributed by atoms with Gasteiger partial charge < -0.3 is 29.6 Å². The number of hydrogen-bond acceptors (Lipinski definition) is 6. The van der Waals surface area contributed by atoms with Crippen molar-refractivity contribution in [2.45, 2.75) is 57.3 Å². The molecule has 0 radical (unpaired) electrons. The molecule has 3 heterocycles. The highest BCUT2D eigenvalue weighted by Gasteiger charge is 2.48. The van der Waals surface area contributed by atoms with E-state index < -0.39 is 29.5 Å². The van der Waals surface area contributed by atoms with Gasteiger partial charge in [0.05, 0.1) is 31.6 Å². The number of benzene rings is 1. The van der Waals surface area contributed by atoms with Crippen molar-refractivity contribution in [1.82, 2.24) is 9.88 Å². The zero-order chi connectivity index (χ0) is 22.2. The molecule has 0 bridgehead atoms. The number of fused-ring (bicyclic) bond motifs is 2. The second kappa shape index (κ2) is 8.20. The van der Waals surface area contributed by atoms with Crippen LogP contribution in [0.2, 0.25) is 0 Å². The van der Waals surface area contributed by atoms with Crippen molar-refractivity contribution in [3.8, 4) is 0 Å². The van der Waals surface area contributed by atoms with Gasteiger partial charge in [-0.2, -0.15) is 0 Å². The summed E-state index contributed by atoms with van der Waals surface area (Å²) in [5, 5.41) is 24.3. The molecular formula is C23H28N2O6. The number of hydrogen-bond donors (Lipinski definition) is 3. The molecule has 1 saturated heterocycles. The van der Waals surface area contributed by atoms with Crippen LogP contribution in [0.1, 0.15) is 55.1 Å². The molecule has 2 aliphatic rings. The SMILES string of the molecule is CC[C@@](O)(C(=O)NC(C)c1ccccc1)c1cc2n(c(=O)c1CO)CCC21OCCO1. The summed E-state index contributed by atoms with van der Waals surface area (Å²) in [5.74, 6) is -1.68. The molecule has 0 saturated carbocycles. The van der Waals surface area contributed by atoms with Gasteiger partial charge in [-0.05, 0) is 25.0 Å². The molecule has 1 fully saturated rings. The molecule has 166 valence electrons. The third-order valence-electron chi connectivity index (χ3n) is 6.35. The number of carbonyl (C=O) groups excluding carboxylic acids is 1. The molecule has 31 heavy (non-hydrogen) atoms. The number of pyridine rings is 1. The Bertz CT molecular complexity index is 1030. The fraction of sp³-hybridized carbons (Fsp3) is 0.478. The van der Waals surface area contributed by atoms with Gasteiger partial charge in [0, 0.05) is 24.1 Å². The third-order valence-corrected chi connectivity index (χ3v) is 6.35. The van der Waals surface area contributed by atoms with E-state index in [2.05, 4.69) is 5.32 Å². The molecular weight excluding hydrogens is 400 g/mol. The van der Waals surface area contributed by atoms with Crippen LogP contribution < -0.4 is 10.9 Å². The Kier molecular flexibility index (Phi) is 5.74. The molecule has 8 nitrogen and oxygen atoms in total. The van der Waals surface area contributed by atoms with Gasteiger partial charge in [-0.1, -0.05) is 37.3 Å². The van der Waals surface area contributed by atoms with Gasteiger partial charge in [-0.15, -0.1) is 0 Å². The number of nitrogens with one attached hydrogen (secondary N) is 1. The predicted octanol–water partition coefficient (Wildman–Crippen LogP) is 1.42. The quantitative estimate of drug-likeness (QED) is 0.642. The highest BCUT2D eigenvalue weighted by atomic mass is 16.7. The lowest BCUT2D eigenvalue weighted by Gasteiger charge is -2.31. The molecule has 2 atom stereocenters. The van der Waals surface area contributed by atoms with Gasteiger partial charge in [0.1, 0.15) is 0 Å². The summed E-state index contributed by atoms with van der Waals surface area (Å²) in [6, 6.07) is 10.6. The Hall–Kier alpha value is -2.52. The number of aliphatic hydroxyl groups is 2. The molecule has 1 spiro atoms. The Balaban J connectivity index is 1.76. The topological polar surface area (TPSA) is 110 Å². The summed E-state index contributed by atoms with van der Waals surface area (Å²) >= 11 is 0. The Morgan fingerprint density at radius 2 is 1.97 bits per heavy atom. The van der Waals surface area contributed by atoms with Gasteiger partial charge in [0.25, 0.3) is 11.5 Å². The first-order valence-electron chi connectivity index (χ1n) is 10.6. The minimum atomic E-state index is -2.00. The van der Waals surface area contributed by atoms with Gasteiger partial charge >= 0.3 is 0 Å². The minimum Gasteiger partial charge on any atom is -0.391 e. The zero-order valence-electron chi connectivity index (χ0n) is 17.8. The van der Waals surface area contributed by atoms with Crippen LogP contribution in [0.3, 0.4) is 0 Å². The van der Waals surface area contributed by atoms with Crippen LogP contribution in [0.15, 0.2) is 41.2 Å². The van der Waals surface area contributed by atoms with Crippen molar-refractivity contribution in [2.24, 2.45) is 0 Å². The van der Waals surface area contributed by atoms with E-state index >= 15 is 0 Å². The lowest BCUT2D eigenvalue weighted by atomic mass is 9.86. The molecule has 2 aliphatic heterocycles. The first-order chi connectivity index (χ1) is 14.9. The van der Waals surface area contributed by atoms with Crippen LogP contribution in [0.4, 0.5) is 0 Å². The van der Waals surface area contributed by atoms with Gasteiger partial charge in [-0.25, -0.2) is 0 Å². The molecule has 1 aromatic carbocycles. The lowest BCUT2D eigenvalue weighted by Crippen LogP contribution is -2.47. The maximum atomic E-state index is 13.3. The molecule has 2 aromatic rings. The van der Waals surface area contributed by atoms with Crippen molar-refractivity contribution in [3.05, 3.63) is 69.1 Å². The fourth-order valence-electron chi connectivity index (χ4n) is 4.50. The molecule has 0 aliphatic carbocycles. The summed E-state index contributed by atoms with van der Waals surface area (Å²) in [5.41, 5.74) is -0.993. The molecule has 3 N–H and O–H groups in total. The number of rotatable bonds is 6. The highest BCUT2D eigenvalue weighted by molar-refractivity contribution is 5.87. The van der Waals surface area contributed by atoms with Crippen LogP contribution in [0.5, 0.6) is 0 Å². The standard InChI is InChI=1S/C23H28N2O6/c1-3-22(29,21(28)24-15(2)16-7-5-4-6-8-16)18-13-19-23(30-11-12-31-23)9-10-25(19)20(27)17(18)14-26/h4-8,13,15,26,29H,3,9-12,14H2,1-2H3,(H,24,28)/t15?,22-/m0/s1. The van der Waals surface area contributed by atoms with Gasteiger partial charge in [0.15, 0.2) is 5.60 Å². The monoisotopic (exact) mass is 428 g/mol. The van der Waals surface area contributed by atoms with Crippen LogP contribution >= 0.6 is 0 Å². The summed E-state index contributed by atoms with van der Waals surface area (Å²) in [4.78, 5) is 26.4. The van der Waals surface area contributed by atoms with Crippen LogP contribution in [-0.2, 0) is 38.8 Å². The molecule has 1 aromatic heterocycles. The number of aromatic nitrogens is 1. The maximum absolute atomic E-state index is 13.3. The number of amides is 1. The molecule has 8 heteroatoms. The van der Waals surface area contributed by atoms with E-state index in [0.717, 1.165) is 5.56 Å². The van der Waals surface area contributed by atoms with E-state index in [4.69, 9.17) is 9.47 Å². The number of ether oxygens (including phenoxy) is 2. The predicted molar refractivity (Wildman–Crippen MR) is 112 cm³/mol. The average molecular weight is 428 g/mol. The average Bonchev–Trinajstić information content (AvgIpc) is 3.41. The van der Waals surface area contributed by atoms with E-state index in [-0.39, 0.29) is 23.6 Å². The first kappa shape index (κ1) is 21.7. The van der Waals surface area contributed by atoms with Crippen molar-refractivity contribution in [3.63, 3.8) is 0 Å². The smallest absolute Gasteiger partial charge is 0.257 e. The second-order valence-electron chi connectivity index (χ2n) is 8.06. The van der Waals surface area contributed by atoms with E-state index in [9.17, 15) is 19.8 Å². The Labute approximate surface area is 180 Å². The first-order valence-corrected chi connectivity index (χ1v) is 10.6. The van der Waals surface area contributed by atoms with Crippen LogP contribution in [0, 0.1) is 0 Å². The van der Waals surface area contributed by atoms with E-state index in [1.807, 2.05) is 37.3 Å². The number of carbonyl (C=O) groups is 1. The lowest BCUT2D eigenvalue weighted by molar-refractivity contribution is -0.163. The summed E-state index contributed by atoms with van der Waals surface area (Å²) in [7, 11) is 0. The summed E-state index contributed by atoms with van der Waals surface area (Å²) in [6.45, 7) is 4.08. The van der Waals surface area contributed by atoms with Gasteiger partial charge in [0.2, 0.25) is 5.79 Å². The molecule has 4 rings (SSSR count). The number of nitrogens with zero attached hydrogens (tertiary/aromatic N) is 1. The highest BCUT2D eigenvalue weighted by Crippen LogP contribution is 2.41. The summed E-state index contributed by atoms with van der Waals surface area (Å²) < 4.78 is 13.1. The number of aliphatic hydroxyl groups excluding tert-OH is 1. The normalized spacial score (nSPS) is 19.7. The van der Waals surface area contributed by atoms with Gasteiger partial charge in [-0.3, -0.25) is 9.59 Å². The molecule has 1 amide bonds. The van der Waals surface area contributed by atoms with Crippen molar-refractivity contribution in [2.75, 3.05) is 13.2 Å². The Morgan fingerprint density at radius 3 is 2.58 bits per heavy atom. The van der Waals surface area contributed by atoms with Crippen molar-refractivity contribution in [1.29, 1.82) is 0 Å². The Morgan fingerprint density at radius 1 is 1.29 bits per heavy atom.